The molecule has 0 heterocycles. The molecule has 0 aliphatic carbocycles. The summed E-state index contributed by atoms with van der Waals surface area (Å²) in [6.45, 7) is 19.2. The lowest BCUT2D eigenvalue weighted by Crippen LogP contribution is -2.24. The van der Waals surface area contributed by atoms with Crippen molar-refractivity contribution in [1.82, 2.24) is 0 Å². The molecule has 0 unspecified atom stereocenters. The minimum atomic E-state index is -0.479. The van der Waals surface area contributed by atoms with Crippen molar-refractivity contribution in [3.05, 3.63) is 0 Å². The summed E-state index contributed by atoms with van der Waals surface area (Å²) in [5.74, 6) is -0.402. The van der Waals surface area contributed by atoms with Gasteiger partial charge in [-0.05, 0) is 27.2 Å². The first-order valence-corrected chi connectivity index (χ1v) is 25.2. The Hall–Kier alpha value is -1.54. The second-order valence-electron chi connectivity index (χ2n) is 16.6. The normalized spacial score (nSPS) is 11.8. The van der Waals surface area contributed by atoms with Crippen LogP contribution in [0, 0.1) is 0 Å². The van der Waals surface area contributed by atoms with Crippen molar-refractivity contribution in [2.75, 3.05) is 165 Å². The maximum atomic E-state index is 11.9. The fraction of sp³-hybridized carbons (Fsp3) is 0.959. The molecule has 16 nitrogen and oxygen atoms in total. The van der Waals surface area contributed by atoms with Crippen LogP contribution in [0.2, 0.25) is 0 Å². The fourth-order valence-corrected chi connectivity index (χ4v) is 6.00. The van der Waals surface area contributed by atoms with Crippen LogP contribution < -0.4 is 0 Å². The second-order valence-corrected chi connectivity index (χ2v) is 16.6. The summed E-state index contributed by atoms with van der Waals surface area (Å²) in [6, 6.07) is 0. The molecule has 0 aliphatic rings. The number of carbonyl (C=O) groups is 2. The highest BCUT2D eigenvalue weighted by atomic mass is 16.6. The lowest BCUT2D eigenvalue weighted by atomic mass is 10.0. The Morgan fingerprint density at radius 1 is 0.277 bits per heavy atom. The summed E-state index contributed by atoms with van der Waals surface area (Å²) in [5.41, 5.74) is -0.479. The van der Waals surface area contributed by atoms with Crippen molar-refractivity contribution in [1.29, 1.82) is 0 Å². The van der Waals surface area contributed by atoms with Gasteiger partial charge in [-0.15, -0.1) is 0 Å². The molecule has 0 aromatic rings. The van der Waals surface area contributed by atoms with E-state index in [4.69, 9.17) is 66.3 Å². The molecule has 0 saturated heterocycles. The van der Waals surface area contributed by atoms with Crippen molar-refractivity contribution in [2.45, 2.75) is 142 Å². The summed E-state index contributed by atoms with van der Waals surface area (Å²) in [5, 5.41) is 0. The summed E-state index contributed by atoms with van der Waals surface area (Å²) in [7, 11) is 0. The molecule has 0 N–H and O–H groups in total. The average molecular weight is 941 g/mol. The predicted octanol–water partition coefficient (Wildman–Crippen LogP) is 7.72. The van der Waals surface area contributed by atoms with Gasteiger partial charge in [0, 0.05) is 6.42 Å². The van der Waals surface area contributed by atoms with Crippen LogP contribution in [0.3, 0.4) is 0 Å². The molecular formula is C49H96O16. The number of hydrogen-bond acceptors (Lipinski definition) is 16. The van der Waals surface area contributed by atoms with Gasteiger partial charge in [-0.1, -0.05) is 96.8 Å². The van der Waals surface area contributed by atoms with Crippen LogP contribution in [0.4, 0.5) is 0 Å². The third kappa shape index (κ3) is 58.5. The molecule has 16 heteroatoms. The van der Waals surface area contributed by atoms with E-state index in [0.29, 0.717) is 165 Å². The van der Waals surface area contributed by atoms with Gasteiger partial charge < -0.3 is 66.3 Å². The Morgan fingerprint density at radius 2 is 0.508 bits per heavy atom. The third-order valence-electron chi connectivity index (χ3n) is 9.44. The minimum absolute atomic E-state index is 0.135. The Labute approximate surface area is 394 Å². The van der Waals surface area contributed by atoms with E-state index in [1.807, 2.05) is 20.8 Å². The second kappa shape index (κ2) is 53.4. The highest BCUT2D eigenvalue weighted by molar-refractivity contribution is 5.70. The topological polar surface area (TPSA) is 163 Å². The first-order valence-electron chi connectivity index (χ1n) is 25.2. The maximum Gasteiger partial charge on any atom is 0.308 e. The van der Waals surface area contributed by atoms with E-state index in [1.165, 1.54) is 83.5 Å². The Balaban J connectivity index is 3.15. The van der Waals surface area contributed by atoms with Crippen molar-refractivity contribution < 1.29 is 75.9 Å². The number of carbonyl (C=O) groups excluding carboxylic acids is 2. The number of unbranched alkanes of at least 4 members (excludes halogenated alkanes) is 14. The molecule has 0 spiro atoms. The Morgan fingerprint density at radius 3 is 0.769 bits per heavy atom. The molecule has 0 aromatic carbocycles. The molecular weight excluding hydrogens is 845 g/mol. The maximum absolute atomic E-state index is 11.9. The quantitative estimate of drug-likeness (QED) is 0.0430. The molecule has 0 rings (SSSR count). The summed E-state index contributed by atoms with van der Waals surface area (Å²) in [6.07, 6.45) is 20.4. The zero-order valence-corrected chi connectivity index (χ0v) is 41.7. The van der Waals surface area contributed by atoms with Gasteiger partial charge in [0.15, 0.2) is 0 Å². The lowest BCUT2D eigenvalue weighted by molar-refractivity contribution is -0.156. The van der Waals surface area contributed by atoms with E-state index in [2.05, 4.69) is 6.92 Å². The molecule has 0 amide bonds. The van der Waals surface area contributed by atoms with Crippen LogP contribution in [0.15, 0.2) is 0 Å². The number of rotatable bonds is 55. The monoisotopic (exact) mass is 941 g/mol. The van der Waals surface area contributed by atoms with Gasteiger partial charge in [-0.2, -0.15) is 0 Å². The summed E-state index contributed by atoms with van der Waals surface area (Å²) < 4.78 is 76.3. The molecule has 0 saturated carbocycles. The van der Waals surface area contributed by atoms with Gasteiger partial charge >= 0.3 is 11.9 Å². The summed E-state index contributed by atoms with van der Waals surface area (Å²) in [4.78, 5) is 23.5. The fourth-order valence-electron chi connectivity index (χ4n) is 6.00. The van der Waals surface area contributed by atoms with E-state index in [9.17, 15) is 9.59 Å². The molecule has 0 aromatic heterocycles. The molecule has 0 bridgehead atoms. The van der Waals surface area contributed by atoms with E-state index < -0.39 is 5.60 Å². The van der Waals surface area contributed by atoms with Gasteiger partial charge in [0.25, 0.3) is 0 Å². The van der Waals surface area contributed by atoms with E-state index >= 15 is 0 Å². The molecule has 388 valence electrons. The highest BCUT2D eigenvalue weighted by Crippen LogP contribution is 2.14. The first kappa shape index (κ1) is 63.5. The van der Waals surface area contributed by atoms with Crippen molar-refractivity contribution in [3.63, 3.8) is 0 Å². The van der Waals surface area contributed by atoms with E-state index in [1.54, 1.807) is 0 Å². The molecule has 0 radical (unpaired) electrons. The van der Waals surface area contributed by atoms with Crippen molar-refractivity contribution in [3.8, 4) is 0 Å². The number of ether oxygens (including phenoxy) is 14. The third-order valence-corrected chi connectivity index (χ3v) is 9.44. The van der Waals surface area contributed by atoms with Crippen molar-refractivity contribution >= 4 is 11.9 Å². The SMILES string of the molecule is CCCCCCCCCCCCCCCCCC(=O)OCCOCCOCCOCCOCCOCCOCCOCCOCCOCCOCCOCCOCCC(=O)OC(C)(C)C. The van der Waals surface area contributed by atoms with E-state index in [0.717, 1.165) is 12.8 Å². The zero-order chi connectivity index (χ0) is 47.3. The van der Waals surface area contributed by atoms with Crippen LogP contribution in [0.5, 0.6) is 0 Å². The molecule has 0 aliphatic heterocycles. The van der Waals surface area contributed by atoms with Crippen LogP contribution in [-0.2, 0) is 75.9 Å². The first-order chi connectivity index (χ1) is 31.8. The van der Waals surface area contributed by atoms with Crippen LogP contribution in [0.1, 0.15) is 137 Å². The van der Waals surface area contributed by atoms with Crippen LogP contribution in [0.25, 0.3) is 0 Å². The van der Waals surface area contributed by atoms with Gasteiger partial charge in [0.1, 0.15) is 12.2 Å². The van der Waals surface area contributed by atoms with Gasteiger partial charge in [-0.25, -0.2) is 0 Å². The Kier molecular flexibility index (Phi) is 52.1. The van der Waals surface area contributed by atoms with Crippen LogP contribution >= 0.6 is 0 Å². The molecule has 65 heavy (non-hydrogen) atoms. The summed E-state index contributed by atoms with van der Waals surface area (Å²) >= 11 is 0. The number of hydrogen-bond donors (Lipinski definition) is 0. The highest BCUT2D eigenvalue weighted by Gasteiger charge is 2.15. The smallest absolute Gasteiger partial charge is 0.308 e. The zero-order valence-electron chi connectivity index (χ0n) is 41.7. The van der Waals surface area contributed by atoms with Gasteiger partial charge in [0.05, 0.1) is 165 Å². The molecule has 0 atom stereocenters. The minimum Gasteiger partial charge on any atom is -0.463 e. The standard InChI is InChI=1S/C49H96O16/c1-5-6-7-8-9-10-11-12-13-14-15-16-17-18-19-20-47(50)64-46-45-63-44-43-62-42-41-61-40-39-60-38-37-59-36-35-58-34-33-57-32-31-56-30-29-55-28-27-54-26-25-53-24-23-52-22-21-48(51)65-49(2,3)4/h5-46H2,1-4H3. The average Bonchev–Trinajstić information content (AvgIpc) is 3.27. The lowest BCUT2D eigenvalue weighted by Gasteiger charge is -2.19. The van der Waals surface area contributed by atoms with E-state index in [-0.39, 0.29) is 25.0 Å². The largest absolute Gasteiger partial charge is 0.463 e. The predicted molar refractivity (Wildman–Crippen MR) is 251 cm³/mol. The van der Waals surface area contributed by atoms with Crippen molar-refractivity contribution in [2.24, 2.45) is 0 Å². The van der Waals surface area contributed by atoms with Gasteiger partial charge in [-0.3, -0.25) is 9.59 Å². The molecule has 0 fully saturated rings. The van der Waals surface area contributed by atoms with Crippen LogP contribution in [-0.4, -0.2) is 183 Å². The number of esters is 2. The Bertz CT molecular complexity index is 954. The van der Waals surface area contributed by atoms with Gasteiger partial charge in [0.2, 0.25) is 0 Å².